The van der Waals surface area contributed by atoms with Crippen LogP contribution in [0.25, 0.3) is 0 Å². The average Bonchev–Trinajstić information content (AvgIpc) is 2.53. The Morgan fingerprint density at radius 1 is 1.06 bits per heavy atom. The zero-order valence-corrected chi connectivity index (χ0v) is 11.6. The molecule has 1 saturated carbocycles. The molecule has 4 heteroatoms. The van der Waals surface area contributed by atoms with Gasteiger partial charge in [0.25, 0.3) is 0 Å². The van der Waals surface area contributed by atoms with Crippen molar-refractivity contribution in [2.24, 2.45) is 5.92 Å². The maximum atomic E-state index is 12.3. The van der Waals surface area contributed by atoms with E-state index in [1.54, 1.807) is 6.92 Å². The molecule has 2 aliphatic rings. The number of nitrogens with zero attached hydrogens (tertiary/aromatic N) is 1. The molecule has 0 aromatic carbocycles. The topological polar surface area (TPSA) is 49.4 Å². The minimum Gasteiger partial charge on any atom is -0.343 e. The van der Waals surface area contributed by atoms with Crippen LogP contribution in [0.15, 0.2) is 0 Å². The second-order valence-electron chi connectivity index (χ2n) is 5.83. The van der Waals surface area contributed by atoms with Crippen molar-refractivity contribution in [2.45, 2.75) is 71.0 Å². The first-order valence-corrected chi connectivity index (χ1v) is 7.15. The highest BCUT2D eigenvalue weighted by molar-refractivity contribution is 5.96. The lowest BCUT2D eigenvalue weighted by Gasteiger charge is -2.43. The van der Waals surface area contributed by atoms with E-state index in [0.717, 1.165) is 12.8 Å². The Bertz CT molecular complexity index is 343. The fourth-order valence-electron chi connectivity index (χ4n) is 3.27. The zero-order chi connectivity index (χ0) is 13.3. The van der Waals surface area contributed by atoms with E-state index in [4.69, 9.17) is 0 Å². The normalized spacial score (nSPS) is 38.3. The summed E-state index contributed by atoms with van der Waals surface area (Å²) in [6.07, 6.45) is 5.87. The van der Waals surface area contributed by atoms with E-state index in [9.17, 15) is 9.59 Å². The van der Waals surface area contributed by atoms with Crippen molar-refractivity contribution in [3.63, 3.8) is 0 Å². The van der Waals surface area contributed by atoms with E-state index in [0.29, 0.717) is 5.92 Å². The standard InChI is InChI=1S/C14H24N2O2/c1-9-7-5-4-6-8-12(9)16-11(3)13(17)15-10(2)14(16)18/h9-12H,4-8H2,1-3H3,(H,15,17). The van der Waals surface area contributed by atoms with Gasteiger partial charge in [0.1, 0.15) is 12.1 Å². The summed E-state index contributed by atoms with van der Waals surface area (Å²) < 4.78 is 0. The molecule has 2 amide bonds. The van der Waals surface area contributed by atoms with E-state index in [-0.39, 0.29) is 29.9 Å². The van der Waals surface area contributed by atoms with Gasteiger partial charge in [-0.3, -0.25) is 9.59 Å². The summed E-state index contributed by atoms with van der Waals surface area (Å²) in [5, 5.41) is 2.75. The SMILES string of the molecule is CC1NC(=O)C(C)N(C2CCCCCC2C)C1=O. The van der Waals surface area contributed by atoms with Crippen LogP contribution in [-0.2, 0) is 9.59 Å². The van der Waals surface area contributed by atoms with Crippen molar-refractivity contribution in [2.75, 3.05) is 0 Å². The number of rotatable bonds is 1. The summed E-state index contributed by atoms with van der Waals surface area (Å²) in [6, 6.07) is -0.452. The molecule has 102 valence electrons. The molecule has 0 radical (unpaired) electrons. The monoisotopic (exact) mass is 252 g/mol. The predicted molar refractivity (Wildman–Crippen MR) is 69.9 cm³/mol. The Labute approximate surface area is 109 Å². The van der Waals surface area contributed by atoms with Crippen molar-refractivity contribution in [1.82, 2.24) is 10.2 Å². The second-order valence-corrected chi connectivity index (χ2v) is 5.83. The van der Waals surface area contributed by atoms with Crippen LogP contribution in [0, 0.1) is 5.92 Å². The predicted octanol–water partition coefficient (Wildman–Crippen LogP) is 1.69. The van der Waals surface area contributed by atoms with E-state index < -0.39 is 0 Å². The Balaban J connectivity index is 2.21. The zero-order valence-electron chi connectivity index (χ0n) is 11.6. The lowest BCUT2D eigenvalue weighted by atomic mass is 9.92. The highest BCUT2D eigenvalue weighted by atomic mass is 16.2. The lowest BCUT2D eigenvalue weighted by molar-refractivity contribution is -0.152. The first kappa shape index (κ1) is 13.4. The fraction of sp³-hybridized carbons (Fsp3) is 0.857. The van der Waals surface area contributed by atoms with E-state index in [1.807, 2.05) is 11.8 Å². The van der Waals surface area contributed by atoms with Crippen LogP contribution in [0.3, 0.4) is 0 Å². The van der Waals surface area contributed by atoms with E-state index in [1.165, 1.54) is 19.3 Å². The van der Waals surface area contributed by atoms with Gasteiger partial charge in [-0.25, -0.2) is 0 Å². The summed E-state index contributed by atoms with van der Waals surface area (Å²) in [6.45, 7) is 5.84. The van der Waals surface area contributed by atoms with Crippen LogP contribution >= 0.6 is 0 Å². The van der Waals surface area contributed by atoms with Crippen LogP contribution in [0.4, 0.5) is 0 Å². The number of piperazine rings is 1. The van der Waals surface area contributed by atoms with Crippen LogP contribution < -0.4 is 5.32 Å². The number of hydrogen-bond donors (Lipinski definition) is 1. The highest BCUT2D eigenvalue weighted by Crippen LogP contribution is 2.29. The summed E-state index contributed by atoms with van der Waals surface area (Å²) in [4.78, 5) is 26.1. The average molecular weight is 252 g/mol. The van der Waals surface area contributed by atoms with Gasteiger partial charge in [0.2, 0.25) is 11.8 Å². The fourth-order valence-corrected chi connectivity index (χ4v) is 3.27. The van der Waals surface area contributed by atoms with Gasteiger partial charge in [-0.1, -0.05) is 26.2 Å². The van der Waals surface area contributed by atoms with Crippen LogP contribution in [0.5, 0.6) is 0 Å². The van der Waals surface area contributed by atoms with Crippen LogP contribution in [0.1, 0.15) is 52.9 Å². The Kier molecular flexibility index (Phi) is 3.93. The summed E-state index contributed by atoms with van der Waals surface area (Å²) >= 11 is 0. The number of carbonyl (C=O) groups is 2. The summed E-state index contributed by atoms with van der Waals surface area (Å²) in [5.41, 5.74) is 0. The second kappa shape index (κ2) is 5.29. The lowest BCUT2D eigenvalue weighted by Crippen LogP contribution is -2.64. The molecule has 4 atom stereocenters. The number of carbonyl (C=O) groups excluding carboxylic acids is 2. The number of amides is 2. The molecule has 1 aliphatic heterocycles. The number of nitrogens with one attached hydrogen (secondary N) is 1. The third-order valence-electron chi connectivity index (χ3n) is 4.45. The van der Waals surface area contributed by atoms with Crippen molar-refractivity contribution in [3.05, 3.63) is 0 Å². The third-order valence-corrected chi connectivity index (χ3v) is 4.45. The molecule has 4 nitrogen and oxygen atoms in total. The van der Waals surface area contributed by atoms with Gasteiger partial charge in [0, 0.05) is 6.04 Å². The highest BCUT2D eigenvalue weighted by Gasteiger charge is 2.41. The Hall–Kier alpha value is -1.06. The van der Waals surface area contributed by atoms with Crippen LogP contribution in [-0.4, -0.2) is 34.8 Å². The molecule has 1 heterocycles. The van der Waals surface area contributed by atoms with Gasteiger partial charge < -0.3 is 10.2 Å². The maximum absolute atomic E-state index is 12.3. The molecule has 1 N–H and O–H groups in total. The molecule has 0 bridgehead atoms. The smallest absolute Gasteiger partial charge is 0.245 e. The molecule has 0 aromatic rings. The first-order chi connectivity index (χ1) is 8.52. The molecule has 4 unspecified atom stereocenters. The maximum Gasteiger partial charge on any atom is 0.245 e. The van der Waals surface area contributed by atoms with Crippen molar-refractivity contribution < 1.29 is 9.59 Å². The van der Waals surface area contributed by atoms with Crippen molar-refractivity contribution in [3.8, 4) is 0 Å². The van der Waals surface area contributed by atoms with Gasteiger partial charge in [0.15, 0.2) is 0 Å². The minimum atomic E-state index is -0.371. The number of hydrogen-bond acceptors (Lipinski definition) is 2. The Morgan fingerprint density at radius 3 is 2.44 bits per heavy atom. The largest absolute Gasteiger partial charge is 0.343 e. The van der Waals surface area contributed by atoms with Crippen molar-refractivity contribution in [1.29, 1.82) is 0 Å². The van der Waals surface area contributed by atoms with Gasteiger partial charge in [-0.05, 0) is 32.6 Å². The van der Waals surface area contributed by atoms with Gasteiger partial charge in [0.05, 0.1) is 0 Å². The third kappa shape index (κ3) is 2.38. The minimum absolute atomic E-state index is 0.0152. The molecule has 2 fully saturated rings. The molecule has 18 heavy (non-hydrogen) atoms. The summed E-state index contributed by atoms with van der Waals surface area (Å²) in [7, 11) is 0. The molecule has 0 aromatic heterocycles. The van der Waals surface area contributed by atoms with Gasteiger partial charge >= 0.3 is 0 Å². The molecular weight excluding hydrogens is 228 g/mol. The quantitative estimate of drug-likeness (QED) is 0.722. The first-order valence-electron chi connectivity index (χ1n) is 7.15. The molecule has 2 rings (SSSR count). The van der Waals surface area contributed by atoms with Crippen molar-refractivity contribution >= 4 is 11.8 Å². The van der Waals surface area contributed by atoms with Crippen LogP contribution in [0.2, 0.25) is 0 Å². The molecule has 1 aliphatic carbocycles. The van der Waals surface area contributed by atoms with E-state index in [2.05, 4.69) is 12.2 Å². The van der Waals surface area contributed by atoms with Gasteiger partial charge in [-0.2, -0.15) is 0 Å². The van der Waals surface area contributed by atoms with E-state index >= 15 is 0 Å². The molecule has 1 saturated heterocycles. The summed E-state index contributed by atoms with van der Waals surface area (Å²) in [5.74, 6) is 0.566. The molecule has 0 spiro atoms. The molecular formula is C14H24N2O2. The Morgan fingerprint density at radius 2 is 1.72 bits per heavy atom. The van der Waals surface area contributed by atoms with Gasteiger partial charge in [-0.15, -0.1) is 0 Å².